The Hall–Kier alpha value is -2.96. The van der Waals surface area contributed by atoms with Gasteiger partial charge in [0, 0.05) is 36.7 Å². The quantitative estimate of drug-likeness (QED) is 0.546. The van der Waals surface area contributed by atoms with Crippen LogP contribution in [0, 0.1) is 0 Å². The highest BCUT2D eigenvalue weighted by Gasteiger charge is 2.21. The summed E-state index contributed by atoms with van der Waals surface area (Å²) >= 11 is 6.93. The van der Waals surface area contributed by atoms with Crippen molar-refractivity contribution in [3.05, 3.63) is 64.4 Å². The smallest absolute Gasteiger partial charge is 0.237 e. The third-order valence-electron chi connectivity index (χ3n) is 6.48. The third kappa shape index (κ3) is 4.45. The van der Waals surface area contributed by atoms with E-state index >= 15 is 0 Å². The van der Waals surface area contributed by atoms with Crippen molar-refractivity contribution in [1.82, 2.24) is 20.6 Å². The van der Waals surface area contributed by atoms with E-state index in [0.29, 0.717) is 36.1 Å². The summed E-state index contributed by atoms with van der Waals surface area (Å²) in [5.74, 6) is 0.584. The van der Waals surface area contributed by atoms with E-state index in [4.69, 9.17) is 21.3 Å². The van der Waals surface area contributed by atoms with Crippen molar-refractivity contribution in [2.45, 2.75) is 44.7 Å². The number of ether oxygens (including phenoxy) is 1. The summed E-state index contributed by atoms with van der Waals surface area (Å²) < 4.78 is 5.54. The number of nitrogens with zero attached hydrogens (tertiary/aromatic N) is 2. The Labute approximate surface area is 198 Å². The van der Waals surface area contributed by atoms with Crippen molar-refractivity contribution in [2.75, 3.05) is 13.7 Å². The molecule has 0 bridgehead atoms. The van der Waals surface area contributed by atoms with Gasteiger partial charge in [-0.15, -0.1) is 0 Å². The first kappa shape index (κ1) is 21.9. The maximum Gasteiger partial charge on any atom is 0.237 e. The molecule has 1 aromatic heterocycles. The molecule has 0 saturated carbocycles. The highest BCUT2D eigenvalue weighted by atomic mass is 35.5. The van der Waals surface area contributed by atoms with Gasteiger partial charge >= 0.3 is 0 Å². The topological polar surface area (TPSA) is 76.1 Å². The normalized spacial score (nSPS) is 17.2. The van der Waals surface area contributed by atoms with Crippen LogP contribution in [0.3, 0.4) is 0 Å². The molecule has 33 heavy (non-hydrogen) atoms. The summed E-state index contributed by atoms with van der Waals surface area (Å²) in [5.41, 5.74) is 7.29. The lowest BCUT2D eigenvalue weighted by atomic mass is 9.95. The van der Waals surface area contributed by atoms with Gasteiger partial charge in [-0.3, -0.25) is 9.78 Å². The molecule has 1 atom stereocenters. The van der Waals surface area contributed by atoms with E-state index in [2.05, 4.69) is 39.9 Å². The minimum atomic E-state index is 0.114. The van der Waals surface area contributed by atoms with Crippen LogP contribution < -0.4 is 15.4 Å². The SMILES string of the molecule is COc1nc(-c2cccc(-c3cccc4c3CCC4)c2Cl)cnc1CNCC1CCC(=O)N1. The Kier molecular flexibility index (Phi) is 6.29. The molecule has 1 saturated heterocycles. The molecule has 1 amide bonds. The predicted molar refractivity (Wildman–Crippen MR) is 129 cm³/mol. The molecule has 0 radical (unpaired) electrons. The lowest BCUT2D eigenvalue weighted by molar-refractivity contribution is -0.119. The first-order chi connectivity index (χ1) is 16.1. The van der Waals surface area contributed by atoms with Crippen molar-refractivity contribution in [3.8, 4) is 28.3 Å². The Morgan fingerprint density at radius 3 is 2.76 bits per heavy atom. The highest BCUT2D eigenvalue weighted by molar-refractivity contribution is 6.36. The van der Waals surface area contributed by atoms with Gasteiger partial charge in [-0.1, -0.05) is 48.0 Å². The summed E-state index contributed by atoms with van der Waals surface area (Å²) in [6.07, 6.45) is 6.60. The third-order valence-corrected chi connectivity index (χ3v) is 6.89. The van der Waals surface area contributed by atoms with Crippen LogP contribution in [-0.4, -0.2) is 35.6 Å². The Morgan fingerprint density at radius 2 is 1.94 bits per heavy atom. The number of nitrogens with one attached hydrogen (secondary N) is 2. The number of rotatable bonds is 7. The summed E-state index contributed by atoms with van der Waals surface area (Å²) in [4.78, 5) is 20.7. The molecular formula is C26H27ClN4O2. The number of aromatic nitrogens is 2. The van der Waals surface area contributed by atoms with Crippen LogP contribution in [0.2, 0.25) is 5.02 Å². The summed E-state index contributed by atoms with van der Waals surface area (Å²) in [6.45, 7) is 1.19. The second kappa shape index (κ2) is 9.49. The van der Waals surface area contributed by atoms with Crippen LogP contribution in [0.25, 0.3) is 22.4 Å². The van der Waals surface area contributed by atoms with Crippen molar-refractivity contribution in [1.29, 1.82) is 0 Å². The maximum atomic E-state index is 11.4. The lowest BCUT2D eigenvalue weighted by Crippen LogP contribution is -2.35. The van der Waals surface area contributed by atoms with Gasteiger partial charge in [-0.05, 0) is 42.4 Å². The minimum Gasteiger partial charge on any atom is -0.480 e. The summed E-state index contributed by atoms with van der Waals surface area (Å²) in [7, 11) is 1.60. The van der Waals surface area contributed by atoms with E-state index in [1.54, 1.807) is 13.3 Å². The number of benzene rings is 2. The molecule has 6 nitrogen and oxygen atoms in total. The lowest BCUT2D eigenvalue weighted by Gasteiger charge is -2.15. The van der Waals surface area contributed by atoms with Crippen LogP contribution in [0.1, 0.15) is 36.1 Å². The molecule has 2 aromatic carbocycles. The van der Waals surface area contributed by atoms with E-state index in [-0.39, 0.29) is 11.9 Å². The number of fused-ring (bicyclic) bond motifs is 1. The van der Waals surface area contributed by atoms with Gasteiger partial charge in [0.15, 0.2) is 0 Å². The van der Waals surface area contributed by atoms with E-state index < -0.39 is 0 Å². The molecule has 1 fully saturated rings. The van der Waals surface area contributed by atoms with E-state index in [1.165, 1.54) is 23.1 Å². The van der Waals surface area contributed by atoms with Gasteiger partial charge < -0.3 is 15.4 Å². The molecule has 3 aromatic rings. The zero-order valence-electron chi connectivity index (χ0n) is 18.7. The van der Waals surface area contributed by atoms with Gasteiger partial charge in [-0.25, -0.2) is 4.98 Å². The van der Waals surface area contributed by atoms with E-state index in [1.807, 2.05) is 12.1 Å². The van der Waals surface area contributed by atoms with Crippen molar-refractivity contribution in [2.24, 2.45) is 0 Å². The largest absolute Gasteiger partial charge is 0.480 e. The standard InChI is InChI=1S/C26H27ClN4O2/c1-33-26-23(14-28-13-17-11-12-24(32)30-17)29-15-22(31-26)21-10-4-9-20(25(21)27)19-8-3-6-16-5-2-7-18(16)19/h3-4,6,8-10,15,17,28H,2,5,7,11-14H2,1H3,(H,30,32). The fourth-order valence-electron chi connectivity index (χ4n) is 4.82. The van der Waals surface area contributed by atoms with Gasteiger partial charge in [0.1, 0.15) is 5.69 Å². The molecule has 1 unspecified atom stereocenters. The van der Waals surface area contributed by atoms with E-state index in [9.17, 15) is 4.79 Å². The molecule has 170 valence electrons. The molecule has 2 N–H and O–H groups in total. The number of methoxy groups -OCH3 is 1. The van der Waals surface area contributed by atoms with Crippen molar-refractivity contribution in [3.63, 3.8) is 0 Å². The number of halogens is 1. The number of aryl methyl sites for hydroxylation is 1. The molecule has 1 aliphatic carbocycles. The van der Waals surface area contributed by atoms with Crippen LogP contribution in [0.15, 0.2) is 42.6 Å². The second-order valence-corrected chi connectivity index (χ2v) is 8.99. The van der Waals surface area contributed by atoms with Gasteiger partial charge in [0.05, 0.1) is 24.0 Å². The molecule has 2 heterocycles. The summed E-state index contributed by atoms with van der Waals surface area (Å²) in [6, 6.07) is 12.7. The highest BCUT2D eigenvalue weighted by Crippen LogP contribution is 2.40. The first-order valence-electron chi connectivity index (χ1n) is 11.4. The molecule has 1 aliphatic heterocycles. The van der Waals surface area contributed by atoms with Crippen molar-refractivity contribution < 1.29 is 9.53 Å². The molecular weight excluding hydrogens is 436 g/mol. The monoisotopic (exact) mass is 462 g/mol. The van der Waals surface area contributed by atoms with Gasteiger partial charge in [0.2, 0.25) is 11.8 Å². The van der Waals surface area contributed by atoms with Gasteiger partial charge in [-0.2, -0.15) is 0 Å². The zero-order chi connectivity index (χ0) is 22.8. The van der Waals surface area contributed by atoms with Gasteiger partial charge in [0.25, 0.3) is 0 Å². The number of amides is 1. The predicted octanol–water partition coefficient (Wildman–Crippen LogP) is 4.33. The average molecular weight is 463 g/mol. The Bertz CT molecular complexity index is 1200. The zero-order valence-corrected chi connectivity index (χ0v) is 19.4. The Balaban J connectivity index is 1.39. The summed E-state index contributed by atoms with van der Waals surface area (Å²) in [5, 5.41) is 6.97. The molecule has 2 aliphatic rings. The number of hydrogen-bond donors (Lipinski definition) is 2. The molecule has 7 heteroatoms. The fourth-order valence-corrected chi connectivity index (χ4v) is 5.14. The Morgan fingerprint density at radius 1 is 1.12 bits per heavy atom. The van der Waals surface area contributed by atoms with Crippen LogP contribution in [0.5, 0.6) is 5.88 Å². The average Bonchev–Trinajstić information content (AvgIpc) is 3.48. The second-order valence-electron chi connectivity index (χ2n) is 8.61. The maximum absolute atomic E-state index is 11.4. The fraction of sp³-hybridized carbons (Fsp3) is 0.346. The van der Waals surface area contributed by atoms with Crippen LogP contribution in [-0.2, 0) is 24.2 Å². The van der Waals surface area contributed by atoms with Crippen LogP contribution >= 0.6 is 11.6 Å². The first-order valence-corrected chi connectivity index (χ1v) is 11.8. The molecule has 0 spiro atoms. The number of carbonyl (C=O) groups is 1. The van der Waals surface area contributed by atoms with E-state index in [0.717, 1.165) is 36.1 Å². The van der Waals surface area contributed by atoms with Crippen molar-refractivity contribution >= 4 is 17.5 Å². The number of hydrogen-bond acceptors (Lipinski definition) is 5. The minimum absolute atomic E-state index is 0.114. The number of carbonyl (C=O) groups excluding carboxylic acids is 1. The molecule has 5 rings (SSSR count). The van der Waals surface area contributed by atoms with Crippen LogP contribution in [0.4, 0.5) is 0 Å².